The van der Waals surface area contributed by atoms with Crippen molar-refractivity contribution in [2.75, 3.05) is 13.7 Å². The summed E-state index contributed by atoms with van der Waals surface area (Å²) in [4.78, 5) is 29.9. The smallest absolute Gasteiger partial charge is 0.347 e. The molecule has 0 N–H and O–H groups in total. The Bertz CT molecular complexity index is 1360. The molecule has 0 fully saturated rings. The van der Waals surface area contributed by atoms with E-state index in [1.54, 1.807) is 32.0 Å². The molecule has 1 atom stereocenters. The number of nitrogens with zero attached hydrogens (tertiary/aromatic N) is 3. The Morgan fingerprint density at radius 3 is 2.60 bits per heavy atom. The summed E-state index contributed by atoms with van der Waals surface area (Å²) in [6.07, 6.45) is 0.582. The third kappa shape index (κ3) is 5.87. The molecule has 2 aromatic carbocycles. The number of ether oxygens (including phenoxy) is 3. The first-order valence-electron chi connectivity index (χ1n) is 10.7. The summed E-state index contributed by atoms with van der Waals surface area (Å²) in [6.45, 7) is 7.37. The summed E-state index contributed by atoms with van der Waals surface area (Å²) in [5.74, 6) is 0.389. The molecule has 0 saturated heterocycles. The fourth-order valence-electron chi connectivity index (χ4n) is 3.22. The molecule has 3 aromatic rings. The van der Waals surface area contributed by atoms with Crippen LogP contribution in [0.2, 0.25) is 5.02 Å². The molecule has 0 radical (unpaired) electrons. The first-order chi connectivity index (χ1) is 16.6. The van der Waals surface area contributed by atoms with E-state index < -0.39 is 12.1 Å². The number of methoxy groups -OCH3 is 1. The Morgan fingerprint density at radius 1 is 1.26 bits per heavy atom. The lowest BCUT2D eigenvalue weighted by atomic mass is 10.2. The standard InChI is InChI=1S/C24H24Br2ClN3O5/c1-6-34-24(32)13(4)35-21-18(33-5)9-14(19(26)20(21)27)11-28-30-22(12(2)3)29-17-8-7-15(25)10-16(17)23(30)31/h7-13H,6H2,1-5H3/t13-/m0/s1. The number of esters is 1. The monoisotopic (exact) mass is 627 g/mol. The summed E-state index contributed by atoms with van der Waals surface area (Å²) in [5.41, 5.74) is 0.823. The number of aromatic nitrogens is 2. The molecule has 0 bridgehead atoms. The van der Waals surface area contributed by atoms with E-state index >= 15 is 0 Å². The predicted molar refractivity (Wildman–Crippen MR) is 143 cm³/mol. The molecule has 0 saturated carbocycles. The van der Waals surface area contributed by atoms with Gasteiger partial charge < -0.3 is 14.2 Å². The van der Waals surface area contributed by atoms with Gasteiger partial charge in [-0.3, -0.25) is 4.79 Å². The maximum atomic E-state index is 13.3. The van der Waals surface area contributed by atoms with Crippen LogP contribution in [-0.4, -0.2) is 41.7 Å². The minimum absolute atomic E-state index is 0.0606. The van der Waals surface area contributed by atoms with Crippen molar-refractivity contribution in [3.63, 3.8) is 0 Å². The van der Waals surface area contributed by atoms with Gasteiger partial charge in [-0.05, 0) is 54.0 Å². The van der Waals surface area contributed by atoms with Gasteiger partial charge in [-0.25, -0.2) is 9.78 Å². The maximum Gasteiger partial charge on any atom is 0.347 e. The summed E-state index contributed by atoms with van der Waals surface area (Å²) < 4.78 is 18.7. The van der Waals surface area contributed by atoms with E-state index in [9.17, 15) is 9.59 Å². The van der Waals surface area contributed by atoms with Crippen LogP contribution in [-0.2, 0) is 9.53 Å². The lowest BCUT2D eigenvalue weighted by molar-refractivity contribution is -0.150. The average Bonchev–Trinajstić information content (AvgIpc) is 2.82. The largest absolute Gasteiger partial charge is 0.493 e. The molecular formula is C24H24Br2ClN3O5. The van der Waals surface area contributed by atoms with Crippen LogP contribution in [0.3, 0.4) is 0 Å². The van der Waals surface area contributed by atoms with Crippen LogP contribution in [0.4, 0.5) is 0 Å². The van der Waals surface area contributed by atoms with E-state index in [4.69, 9.17) is 25.8 Å². The zero-order chi connectivity index (χ0) is 25.9. The second-order valence-corrected chi connectivity index (χ2v) is 9.87. The minimum atomic E-state index is -0.900. The van der Waals surface area contributed by atoms with Crippen LogP contribution < -0.4 is 15.0 Å². The van der Waals surface area contributed by atoms with E-state index in [0.717, 1.165) is 4.47 Å². The van der Waals surface area contributed by atoms with Crippen molar-refractivity contribution in [1.29, 1.82) is 0 Å². The average molecular weight is 630 g/mol. The minimum Gasteiger partial charge on any atom is -0.493 e. The van der Waals surface area contributed by atoms with Crippen molar-refractivity contribution in [3.05, 3.63) is 60.0 Å². The van der Waals surface area contributed by atoms with Crippen molar-refractivity contribution in [2.24, 2.45) is 5.10 Å². The van der Waals surface area contributed by atoms with Gasteiger partial charge in [0.1, 0.15) is 10.8 Å². The van der Waals surface area contributed by atoms with E-state index in [-0.39, 0.29) is 34.6 Å². The van der Waals surface area contributed by atoms with Crippen molar-refractivity contribution in [3.8, 4) is 11.5 Å². The van der Waals surface area contributed by atoms with Crippen molar-refractivity contribution < 1.29 is 19.0 Å². The maximum absolute atomic E-state index is 13.3. The van der Waals surface area contributed by atoms with Gasteiger partial charge in [-0.1, -0.05) is 41.4 Å². The highest BCUT2D eigenvalue weighted by molar-refractivity contribution is 9.10. The highest BCUT2D eigenvalue weighted by Crippen LogP contribution is 2.42. The highest BCUT2D eigenvalue weighted by Gasteiger charge is 2.23. The van der Waals surface area contributed by atoms with Crippen molar-refractivity contribution in [2.45, 2.75) is 39.7 Å². The van der Waals surface area contributed by atoms with Gasteiger partial charge in [-0.15, -0.1) is 0 Å². The molecule has 0 spiro atoms. The number of rotatable bonds is 8. The molecule has 0 aliphatic carbocycles. The Hall–Kier alpha value is -2.43. The summed E-state index contributed by atoms with van der Waals surface area (Å²) in [6, 6.07) is 6.98. The van der Waals surface area contributed by atoms with Crippen LogP contribution in [0.5, 0.6) is 11.5 Å². The molecule has 8 nitrogen and oxygen atoms in total. The molecule has 0 aliphatic heterocycles. The SMILES string of the molecule is CCOC(=O)[C@H](C)Oc1c(OC)cc(C=Nn2c(C(C)C)nc3ccc(Br)cc3c2=O)c(Br)c1Cl. The topological polar surface area (TPSA) is 92.0 Å². The number of halogens is 3. The number of carbonyl (C=O) groups excluding carboxylic acids is 1. The van der Waals surface area contributed by atoms with Gasteiger partial charge in [0.15, 0.2) is 17.6 Å². The quantitative estimate of drug-likeness (QED) is 0.227. The molecule has 1 aromatic heterocycles. The first-order valence-corrected chi connectivity index (χ1v) is 12.7. The lowest BCUT2D eigenvalue weighted by Gasteiger charge is -2.18. The Balaban J connectivity index is 2.08. The summed E-state index contributed by atoms with van der Waals surface area (Å²) in [7, 11) is 1.45. The molecule has 186 valence electrons. The summed E-state index contributed by atoms with van der Waals surface area (Å²) >= 11 is 13.4. The van der Waals surface area contributed by atoms with Gasteiger partial charge in [-0.2, -0.15) is 9.78 Å². The first kappa shape index (κ1) is 27.2. The van der Waals surface area contributed by atoms with Gasteiger partial charge in [0.05, 0.1) is 30.8 Å². The summed E-state index contributed by atoms with van der Waals surface area (Å²) in [5, 5.41) is 5.06. The van der Waals surface area contributed by atoms with Crippen molar-refractivity contribution >= 4 is 66.5 Å². The number of carbonyl (C=O) groups is 1. The fraction of sp³-hybridized carbons (Fsp3) is 0.333. The lowest BCUT2D eigenvalue weighted by Crippen LogP contribution is -2.26. The zero-order valence-electron chi connectivity index (χ0n) is 19.8. The third-order valence-electron chi connectivity index (χ3n) is 4.95. The van der Waals surface area contributed by atoms with Crippen LogP contribution in [0, 0.1) is 0 Å². The zero-order valence-corrected chi connectivity index (χ0v) is 23.7. The van der Waals surface area contributed by atoms with E-state index in [1.807, 2.05) is 19.9 Å². The molecule has 0 unspecified atom stereocenters. The van der Waals surface area contributed by atoms with Gasteiger partial charge >= 0.3 is 5.97 Å². The van der Waals surface area contributed by atoms with Crippen molar-refractivity contribution in [1.82, 2.24) is 9.66 Å². The number of hydrogen-bond donors (Lipinski definition) is 0. The number of benzene rings is 2. The van der Waals surface area contributed by atoms with Gasteiger partial charge in [0, 0.05) is 20.4 Å². The predicted octanol–water partition coefficient (Wildman–Crippen LogP) is 5.92. The molecule has 1 heterocycles. The van der Waals surface area contributed by atoms with Crippen LogP contribution >= 0.6 is 43.5 Å². The van der Waals surface area contributed by atoms with Gasteiger partial charge in [0.2, 0.25) is 0 Å². The fourth-order valence-corrected chi connectivity index (χ4v) is 4.22. The van der Waals surface area contributed by atoms with Gasteiger partial charge in [0.25, 0.3) is 5.56 Å². The Kier molecular flexibility index (Phi) is 8.95. The molecule has 3 rings (SSSR count). The van der Waals surface area contributed by atoms with E-state index in [2.05, 4.69) is 41.9 Å². The Labute approximate surface area is 224 Å². The second kappa shape index (κ2) is 11.5. The third-order valence-corrected chi connectivity index (χ3v) is 6.89. The molecule has 0 amide bonds. The normalized spacial score (nSPS) is 12.4. The molecular weight excluding hydrogens is 606 g/mol. The van der Waals surface area contributed by atoms with Crippen LogP contribution in [0.15, 0.2) is 43.1 Å². The van der Waals surface area contributed by atoms with Crippen LogP contribution in [0.1, 0.15) is 45.0 Å². The Morgan fingerprint density at radius 2 is 1.97 bits per heavy atom. The molecule has 35 heavy (non-hydrogen) atoms. The van der Waals surface area contributed by atoms with E-state index in [0.29, 0.717) is 26.8 Å². The molecule has 0 aliphatic rings. The second-order valence-electron chi connectivity index (χ2n) is 7.78. The number of hydrogen-bond acceptors (Lipinski definition) is 7. The highest BCUT2D eigenvalue weighted by atomic mass is 79.9. The van der Waals surface area contributed by atoms with E-state index in [1.165, 1.54) is 18.0 Å². The molecule has 11 heteroatoms. The number of fused-ring (bicyclic) bond motifs is 1. The van der Waals surface area contributed by atoms with Crippen LogP contribution in [0.25, 0.3) is 10.9 Å².